The van der Waals surface area contributed by atoms with Gasteiger partial charge in [-0.25, -0.2) is 4.79 Å². The van der Waals surface area contributed by atoms with Crippen LogP contribution in [0.3, 0.4) is 0 Å². The Hall–Kier alpha value is -1.36. The van der Waals surface area contributed by atoms with E-state index in [2.05, 4.69) is 21.2 Å². The van der Waals surface area contributed by atoms with E-state index in [4.69, 9.17) is 0 Å². The van der Waals surface area contributed by atoms with Gasteiger partial charge in [0, 0.05) is 10.0 Å². The summed E-state index contributed by atoms with van der Waals surface area (Å²) in [5.74, 6) is -1.31. The second kappa shape index (κ2) is 6.18. The Balaban J connectivity index is 2.28. The van der Waals surface area contributed by atoms with Crippen LogP contribution in [0.5, 0.6) is 0 Å². The number of aliphatic carboxylic acids is 1. The molecule has 0 aromatic heterocycles. The van der Waals surface area contributed by atoms with Crippen molar-refractivity contribution in [2.75, 3.05) is 0 Å². The number of carbonyl (C=O) groups excluding carboxylic acids is 1. The van der Waals surface area contributed by atoms with E-state index in [0.29, 0.717) is 12.0 Å². The summed E-state index contributed by atoms with van der Waals surface area (Å²) in [5.41, 5.74) is 0.206. The molecule has 1 saturated carbocycles. The van der Waals surface area contributed by atoms with E-state index in [-0.39, 0.29) is 11.8 Å². The first-order chi connectivity index (χ1) is 9.86. The minimum absolute atomic E-state index is 0.0662. The summed E-state index contributed by atoms with van der Waals surface area (Å²) < 4.78 is 0.899. The van der Waals surface area contributed by atoms with Gasteiger partial charge in [0.25, 0.3) is 5.91 Å². The molecule has 1 aromatic carbocycles. The van der Waals surface area contributed by atoms with Crippen LogP contribution < -0.4 is 5.32 Å². The third-order valence-corrected chi connectivity index (χ3v) is 4.94. The third kappa shape index (κ3) is 3.12. The van der Waals surface area contributed by atoms with E-state index in [1.165, 1.54) is 0 Å². The lowest BCUT2D eigenvalue weighted by Gasteiger charge is -2.39. The molecule has 21 heavy (non-hydrogen) atoms. The molecule has 0 aliphatic heterocycles. The van der Waals surface area contributed by atoms with Gasteiger partial charge in [-0.2, -0.15) is 0 Å². The fourth-order valence-corrected chi connectivity index (χ4v) is 3.53. The van der Waals surface area contributed by atoms with Crippen LogP contribution in [0.1, 0.15) is 48.5 Å². The predicted molar refractivity (Wildman–Crippen MR) is 84.3 cm³/mol. The summed E-state index contributed by atoms with van der Waals surface area (Å²) >= 11 is 3.36. The highest BCUT2D eigenvalue weighted by molar-refractivity contribution is 9.10. The van der Waals surface area contributed by atoms with Gasteiger partial charge in [-0.15, -0.1) is 0 Å². The quantitative estimate of drug-likeness (QED) is 0.873. The maximum absolute atomic E-state index is 12.5. The highest BCUT2D eigenvalue weighted by Gasteiger charge is 2.46. The van der Waals surface area contributed by atoms with Gasteiger partial charge in [0.05, 0.1) is 0 Å². The molecule has 1 amide bonds. The summed E-state index contributed by atoms with van der Waals surface area (Å²) in [4.78, 5) is 24.3. The molecule has 2 rings (SSSR count). The molecule has 0 radical (unpaired) electrons. The highest BCUT2D eigenvalue weighted by atomic mass is 79.9. The summed E-state index contributed by atoms with van der Waals surface area (Å²) in [6.45, 7) is 3.75. The van der Waals surface area contributed by atoms with E-state index in [1.54, 1.807) is 12.1 Å². The number of carboxylic acids is 1. The molecule has 2 atom stereocenters. The van der Waals surface area contributed by atoms with E-state index >= 15 is 0 Å². The van der Waals surface area contributed by atoms with Crippen molar-refractivity contribution in [3.8, 4) is 0 Å². The van der Waals surface area contributed by atoms with Crippen molar-refractivity contribution in [1.82, 2.24) is 5.32 Å². The first kappa shape index (κ1) is 16.0. The number of benzene rings is 1. The van der Waals surface area contributed by atoms with Crippen molar-refractivity contribution in [2.45, 2.75) is 45.1 Å². The van der Waals surface area contributed by atoms with Crippen LogP contribution in [0.4, 0.5) is 0 Å². The molecule has 2 unspecified atom stereocenters. The van der Waals surface area contributed by atoms with E-state index < -0.39 is 11.5 Å². The van der Waals surface area contributed by atoms with Crippen molar-refractivity contribution in [2.24, 2.45) is 5.92 Å². The molecule has 5 heteroatoms. The Kier molecular flexibility index (Phi) is 4.71. The zero-order valence-electron chi connectivity index (χ0n) is 12.3. The van der Waals surface area contributed by atoms with E-state index in [0.717, 1.165) is 29.3 Å². The molecular formula is C16H20BrNO3. The number of rotatable bonds is 3. The molecule has 4 nitrogen and oxygen atoms in total. The number of halogens is 1. The maximum Gasteiger partial charge on any atom is 0.329 e. The van der Waals surface area contributed by atoms with E-state index in [9.17, 15) is 14.7 Å². The normalized spacial score (nSPS) is 25.4. The number of hydrogen-bond donors (Lipinski definition) is 2. The Morgan fingerprint density at radius 2 is 2.10 bits per heavy atom. The molecule has 114 valence electrons. The zero-order valence-corrected chi connectivity index (χ0v) is 13.9. The lowest BCUT2D eigenvalue weighted by molar-refractivity contribution is -0.148. The number of nitrogens with one attached hydrogen (secondary N) is 1. The minimum Gasteiger partial charge on any atom is -0.479 e. The van der Waals surface area contributed by atoms with E-state index in [1.807, 2.05) is 19.9 Å². The first-order valence-corrected chi connectivity index (χ1v) is 7.98. The van der Waals surface area contributed by atoms with Crippen LogP contribution in [0, 0.1) is 12.8 Å². The van der Waals surface area contributed by atoms with Gasteiger partial charge in [0.1, 0.15) is 5.54 Å². The SMILES string of the molecule is Cc1cc(Br)ccc1C(=O)NC1(C(=O)O)CCCCC1C. The molecule has 1 aromatic rings. The van der Waals surface area contributed by atoms with Crippen molar-refractivity contribution in [3.05, 3.63) is 33.8 Å². The van der Waals surface area contributed by atoms with Crippen molar-refractivity contribution in [1.29, 1.82) is 0 Å². The van der Waals surface area contributed by atoms with Crippen LogP contribution in [0.25, 0.3) is 0 Å². The number of hydrogen-bond acceptors (Lipinski definition) is 2. The van der Waals surface area contributed by atoms with Crippen LogP contribution >= 0.6 is 15.9 Å². The summed E-state index contributed by atoms with van der Waals surface area (Å²) in [5, 5.41) is 12.5. The van der Waals surface area contributed by atoms with Gasteiger partial charge in [-0.05, 0) is 49.4 Å². The third-order valence-electron chi connectivity index (χ3n) is 4.45. The Morgan fingerprint density at radius 3 is 2.67 bits per heavy atom. The average Bonchev–Trinajstić information content (AvgIpc) is 2.41. The summed E-state index contributed by atoms with van der Waals surface area (Å²) in [6.07, 6.45) is 3.16. The number of amides is 1. The topological polar surface area (TPSA) is 66.4 Å². The Labute approximate surface area is 133 Å². The van der Waals surface area contributed by atoms with Gasteiger partial charge in [0.15, 0.2) is 0 Å². The second-order valence-corrected chi connectivity index (χ2v) is 6.75. The molecular weight excluding hydrogens is 334 g/mol. The lowest BCUT2D eigenvalue weighted by Crippen LogP contribution is -2.60. The predicted octanol–water partition coefficient (Wildman–Crippen LogP) is 3.52. The minimum atomic E-state index is -1.14. The molecule has 1 fully saturated rings. The molecule has 0 bridgehead atoms. The van der Waals surface area contributed by atoms with Gasteiger partial charge in [-0.1, -0.05) is 35.7 Å². The van der Waals surface area contributed by atoms with Crippen LogP contribution in [-0.4, -0.2) is 22.5 Å². The largest absolute Gasteiger partial charge is 0.479 e. The molecule has 2 N–H and O–H groups in total. The Morgan fingerprint density at radius 1 is 1.38 bits per heavy atom. The van der Waals surface area contributed by atoms with Gasteiger partial charge in [0.2, 0.25) is 0 Å². The summed E-state index contributed by atoms with van der Waals surface area (Å²) in [6, 6.07) is 5.37. The smallest absolute Gasteiger partial charge is 0.329 e. The fourth-order valence-electron chi connectivity index (χ4n) is 3.06. The van der Waals surface area contributed by atoms with Crippen LogP contribution in [0.15, 0.2) is 22.7 Å². The van der Waals surface area contributed by atoms with Crippen molar-refractivity contribution in [3.63, 3.8) is 0 Å². The second-order valence-electron chi connectivity index (χ2n) is 5.84. The standard InChI is InChI=1S/C16H20BrNO3/c1-10-9-12(17)6-7-13(10)14(19)18-16(15(20)21)8-4-3-5-11(16)2/h6-7,9,11H,3-5,8H2,1-2H3,(H,18,19)(H,20,21). The van der Waals surface area contributed by atoms with Gasteiger partial charge < -0.3 is 10.4 Å². The van der Waals surface area contributed by atoms with Crippen LogP contribution in [0.2, 0.25) is 0 Å². The van der Waals surface area contributed by atoms with Gasteiger partial charge in [-0.3, -0.25) is 4.79 Å². The highest BCUT2D eigenvalue weighted by Crippen LogP contribution is 2.34. The fraction of sp³-hybridized carbons (Fsp3) is 0.500. The molecule has 0 spiro atoms. The number of carboxylic acid groups (broad SMARTS) is 1. The number of carbonyl (C=O) groups is 2. The Bertz CT molecular complexity index is 573. The first-order valence-electron chi connectivity index (χ1n) is 7.19. The molecule has 0 saturated heterocycles. The molecule has 1 aliphatic rings. The monoisotopic (exact) mass is 353 g/mol. The molecule has 1 aliphatic carbocycles. The lowest BCUT2D eigenvalue weighted by atomic mass is 9.73. The zero-order chi connectivity index (χ0) is 15.6. The molecule has 0 heterocycles. The van der Waals surface area contributed by atoms with Gasteiger partial charge >= 0.3 is 5.97 Å². The number of aryl methyl sites for hydroxylation is 1. The maximum atomic E-state index is 12.5. The average molecular weight is 354 g/mol. The van der Waals surface area contributed by atoms with Crippen molar-refractivity contribution < 1.29 is 14.7 Å². The van der Waals surface area contributed by atoms with Crippen molar-refractivity contribution >= 4 is 27.8 Å². The summed E-state index contributed by atoms with van der Waals surface area (Å²) in [7, 11) is 0. The van der Waals surface area contributed by atoms with Crippen LogP contribution in [-0.2, 0) is 4.79 Å².